The summed E-state index contributed by atoms with van der Waals surface area (Å²) in [5, 5.41) is 1.94. The van der Waals surface area contributed by atoms with Gasteiger partial charge >= 0.3 is 0 Å². The molecule has 2 rings (SSSR count). The first-order valence-electron chi connectivity index (χ1n) is 5.69. The second-order valence-electron chi connectivity index (χ2n) is 5.25. The molecule has 5 heteroatoms. The molecule has 1 aliphatic heterocycles. The molecule has 0 radical (unpaired) electrons. The van der Waals surface area contributed by atoms with Crippen LogP contribution in [0.4, 0.5) is 0 Å². The predicted octanol–water partition coefficient (Wildman–Crippen LogP) is 2.55. The lowest BCUT2D eigenvalue weighted by molar-refractivity contribution is 0.0533. The van der Waals surface area contributed by atoms with Crippen molar-refractivity contribution in [1.82, 2.24) is 4.90 Å². The van der Waals surface area contributed by atoms with Crippen LogP contribution >= 0.6 is 33.9 Å². The Kier molecular flexibility index (Phi) is 3.80. The third-order valence-electron chi connectivity index (χ3n) is 3.41. The zero-order valence-corrected chi connectivity index (χ0v) is 13.0. The number of nitrogens with two attached hydrogens (primary N) is 1. The normalized spacial score (nSPS) is 23.8. The van der Waals surface area contributed by atoms with Crippen molar-refractivity contribution in [3.8, 4) is 0 Å². The van der Waals surface area contributed by atoms with Crippen LogP contribution in [0, 0.1) is 8.30 Å². The van der Waals surface area contributed by atoms with E-state index in [9.17, 15) is 4.79 Å². The average molecular weight is 364 g/mol. The summed E-state index contributed by atoms with van der Waals surface area (Å²) in [6, 6.07) is 2.14. The predicted molar refractivity (Wildman–Crippen MR) is 79.3 cm³/mol. The van der Waals surface area contributed by atoms with Gasteiger partial charge in [0, 0.05) is 24.5 Å². The number of piperidine rings is 1. The maximum atomic E-state index is 12.3. The molecule has 3 nitrogen and oxygen atoms in total. The standard InChI is InChI=1S/C12H17IN2OS/c1-12(2)7-15(4-3-9(12)14)11(16)8-5-10(13)17-6-8/h5-6,9H,3-4,7,14H2,1-2H3. The quantitative estimate of drug-likeness (QED) is 0.779. The van der Waals surface area contributed by atoms with Crippen molar-refractivity contribution in [2.24, 2.45) is 11.1 Å². The maximum Gasteiger partial charge on any atom is 0.254 e. The SMILES string of the molecule is CC1(C)CN(C(=O)c2csc(I)c2)CCC1N. The lowest BCUT2D eigenvalue weighted by Gasteiger charge is -2.42. The van der Waals surface area contributed by atoms with Crippen molar-refractivity contribution in [2.45, 2.75) is 26.3 Å². The number of halogens is 1. The number of thiophene rings is 1. The fourth-order valence-corrected chi connectivity index (χ4v) is 3.47. The number of carbonyl (C=O) groups is 1. The Balaban J connectivity index is 2.11. The fourth-order valence-electron chi connectivity index (χ4n) is 2.15. The van der Waals surface area contributed by atoms with Gasteiger partial charge in [-0.25, -0.2) is 0 Å². The highest BCUT2D eigenvalue weighted by Gasteiger charge is 2.35. The topological polar surface area (TPSA) is 46.3 Å². The minimum absolute atomic E-state index is 0.0110. The van der Waals surface area contributed by atoms with Crippen LogP contribution in [-0.2, 0) is 0 Å². The molecule has 0 aliphatic carbocycles. The first-order chi connectivity index (χ1) is 7.90. The van der Waals surface area contributed by atoms with Crippen LogP contribution in [0.25, 0.3) is 0 Å². The van der Waals surface area contributed by atoms with Crippen LogP contribution in [0.5, 0.6) is 0 Å². The van der Waals surface area contributed by atoms with Gasteiger partial charge in [-0.05, 0) is 40.5 Å². The number of hydrogen-bond donors (Lipinski definition) is 1. The first-order valence-corrected chi connectivity index (χ1v) is 7.65. The van der Waals surface area contributed by atoms with Crippen molar-refractivity contribution in [3.63, 3.8) is 0 Å². The van der Waals surface area contributed by atoms with Crippen molar-refractivity contribution >= 4 is 39.8 Å². The molecule has 1 aliphatic rings. The van der Waals surface area contributed by atoms with E-state index in [1.54, 1.807) is 11.3 Å². The van der Waals surface area contributed by atoms with Gasteiger partial charge in [0.25, 0.3) is 5.91 Å². The zero-order chi connectivity index (χ0) is 12.6. The van der Waals surface area contributed by atoms with Gasteiger partial charge in [0.05, 0.1) is 8.45 Å². The molecule has 0 aromatic carbocycles. The van der Waals surface area contributed by atoms with Crippen LogP contribution in [-0.4, -0.2) is 29.9 Å². The van der Waals surface area contributed by atoms with Gasteiger partial charge in [-0.2, -0.15) is 0 Å². The van der Waals surface area contributed by atoms with Crippen LogP contribution in [0.3, 0.4) is 0 Å². The number of amides is 1. The Labute approximate surface area is 120 Å². The number of nitrogens with zero attached hydrogens (tertiary/aromatic N) is 1. The Bertz CT molecular complexity index is 430. The Morgan fingerprint density at radius 3 is 2.88 bits per heavy atom. The fraction of sp³-hybridized carbons (Fsp3) is 0.583. The van der Waals surface area contributed by atoms with Gasteiger partial charge in [-0.15, -0.1) is 11.3 Å². The number of likely N-dealkylation sites (tertiary alicyclic amines) is 1. The maximum absolute atomic E-state index is 12.3. The molecular weight excluding hydrogens is 347 g/mol. The summed E-state index contributed by atoms with van der Waals surface area (Å²) in [6.45, 7) is 5.79. The molecule has 0 spiro atoms. The molecule has 1 aromatic rings. The summed E-state index contributed by atoms with van der Waals surface area (Å²) < 4.78 is 1.15. The van der Waals surface area contributed by atoms with Gasteiger partial charge in [0.1, 0.15) is 0 Å². The van der Waals surface area contributed by atoms with Crippen LogP contribution in [0.2, 0.25) is 0 Å². The van der Waals surface area contributed by atoms with E-state index in [1.165, 1.54) is 0 Å². The molecular formula is C12H17IN2OS. The molecule has 1 atom stereocenters. The van der Waals surface area contributed by atoms with E-state index in [2.05, 4.69) is 36.4 Å². The zero-order valence-electron chi connectivity index (χ0n) is 10.1. The molecule has 1 amide bonds. The van der Waals surface area contributed by atoms with Gasteiger partial charge < -0.3 is 10.6 Å². The van der Waals surface area contributed by atoms with Gasteiger partial charge in [-0.1, -0.05) is 13.8 Å². The molecule has 94 valence electrons. The third kappa shape index (κ3) is 2.82. The van der Waals surface area contributed by atoms with E-state index in [-0.39, 0.29) is 17.4 Å². The molecule has 1 aromatic heterocycles. The number of carbonyl (C=O) groups excluding carboxylic acids is 1. The van der Waals surface area contributed by atoms with Crippen LogP contribution in [0.15, 0.2) is 11.4 Å². The highest BCUT2D eigenvalue weighted by atomic mass is 127. The van der Waals surface area contributed by atoms with Gasteiger partial charge in [0.2, 0.25) is 0 Å². The van der Waals surface area contributed by atoms with E-state index in [0.29, 0.717) is 0 Å². The molecule has 2 heterocycles. The van der Waals surface area contributed by atoms with Crippen molar-refractivity contribution in [1.29, 1.82) is 0 Å². The number of hydrogen-bond acceptors (Lipinski definition) is 3. The largest absolute Gasteiger partial charge is 0.338 e. The van der Waals surface area contributed by atoms with Crippen LogP contribution in [0.1, 0.15) is 30.6 Å². The molecule has 1 saturated heterocycles. The van der Waals surface area contributed by atoms with E-state index in [4.69, 9.17) is 5.73 Å². The highest BCUT2D eigenvalue weighted by Crippen LogP contribution is 2.29. The molecule has 0 bridgehead atoms. The summed E-state index contributed by atoms with van der Waals surface area (Å²) in [6.07, 6.45) is 0.889. The molecule has 0 saturated carbocycles. The highest BCUT2D eigenvalue weighted by molar-refractivity contribution is 14.1. The van der Waals surface area contributed by atoms with Crippen molar-refractivity contribution in [2.75, 3.05) is 13.1 Å². The smallest absolute Gasteiger partial charge is 0.254 e. The average Bonchev–Trinajstić information content (AvgIpc) is 2.68. The first kappa shape index (κ1) is 13.3. The molecule has 2 N–H and O–H groups in total. The summed E-state index contributed by atoms with van der Waals surface area (Å²) in [5.74, 6) is 0.143. The van der Waals surface area contributed by atoms with E-state index in [0.717, 1.165) is 28.0 Å². The number of rotatable bonds is 1. The molecule has 17 heavy (non-hydrogen) atoms. The van der Waals surface area contributed by atoms with E-state index in [1.807, 2.05) is 16.3 Å². The Hall–Kier alpha value is -0.140. The Morgan fingerprint density at radius 2 is 2.35 bits per heavy atom. The van der Waals surface area contributed by atoms with E-state index < -0.39 is 0 Å². The molecule has 1 unspecified atom stereocenters. The minimum Gasteiger partial charge on any atom is -0.338 e. The summed E-state index contributed by atoms with van der Waals surface area (Å²) in [4.78, 5) is 14.2. The second-order valence-corrected chi connectivity index (χ2v) is 8.06. The van der Waals surface area contributed by atoms with Crippen LogP contribution < -0.4 is 5.73 Å². The Morgan fingerprint density at radius 1 is 1.65 bits per heavy atom. The third-order valence-corrected chi connectivity index (χ3v) is 5.20. The lowest BCUT2D eigenvalue weighted by atomic mass is 9.79. The summed E-state index contributed by atoms with van der Waals surface area (Å²) in [5.41, 5.74) is 6.90. The minimum atomic E-state index is 0.0110. The van der Waals surface area contributed by atoms with Gasteiger partial charge in [-0.3, -0.25) is 4.79 Å². The monoisotopic (exact) mass is 364 g/mol. The van der Waals surface area contributed by atoms with Gasteiger partial charge in [0.15, 0.2) is 0 Å². The lowest BCUT2D eigenvalue weighted by Crippen LogP contribution is -2.53. The summed E-state index contributed by atoms with van der Waals surface area (Å²) in [7, 11) is 0. The second kappa shape index (κ2) is 4.85. The van der Waals surface area contributed by atoms with Crippen molar-refractivity contribution < 1.29 is 4.79 Å². The van der Waals surface area contributed by atoms with Crippen molar-refractivity contribution in [3.05, 3.63) is 19.9 Å². The molecule has 1 fully saturated rings. The van der Waals surface area contributed by atoms with E-state index >= 15 is 0 Å². The summed E-state index contributed by atoms with van der Waals surface area (Å²) >= 11 is 3.85.